The van der Waals surface area contributed by atoms with Gasteiger partial charge in [0.05, 0.1) is 22.9 Å². The zero-order chi connectivity index (χ0) is 20.6. The Morgan fingerprint density at radius 1 is 1.00 bits per heavy atom. The van der Waals surface area contributed by atoms with E-state index in [4.69, 9.17) is 10.00 Å². The van der Waals surface area contributed by atoms with Crippen LogP contribution in [0.5, 0.6) is 5.75 Å². The topological polar surface area (TPSA) is 74.2 Å². The minimum Gasteiger partial charge on any atom is -0.488 e. The minimum absolute atomic E-state index is 0.204. The van der Waals surface area contributed by atoms with E-state index in [9.17, 15) is 9.18 Å². The smallest absolute Gasteiger partial charge is 0.273 e. The van der Waals surface area contributed by atoms with Crippen LogP contribution in [0.2, 0.25) is 0 Å². The summed E-state index contributed by atoms with van der Waals surface area (Å²) in [4.78, 5) is 12.6. The number of benzene rings is 3. The lowest BCUT2D eigenvalue weighted by Crippen LogP contribution is -2.36. The van der Waals surface area contributed by atoms with Gasteiger partial charge in [0.15, 0.2) is 0 Å². The van der Waals surface area contributed by atoms with Crippen molar-refractivity contribution in [2.75, 3.05) is 0 Å². The van der Waals surface area contributed by atoms with Crippen LogP contribution in [0.15, 0.2) is 79.4 Å². The van der Waals surface area contributed by atoms with Crippen molar-refractivity contribution in [3.63, 3.8) is 0 Å². The zero-order valence-electron chi connectivity index (χ0n) is 15.5. The third-order valence-electron chi connectivity index (χ3n) is 4.13. The van der Waals surface area contributed by atoms with Gasteiger partial charge in [0, 0.05) is 0 Å². The number of carbonyl (C=O) groups excluding carboxylic acids is 1. The maximum absolute atomic E-state index is 13.0. The molecular formula is C23H18FN3O2. The molecule has 0 aliphatic carbocycles. The third kappa shape index (κ3) is 5.21. The van der Waals surface area contributed by atoms with Crippen molar-refractivity contribution in [1.82, 2.24) is 10.9 Å². The lowest BCUT2D eigenvalue weighted by atomic mass is 10.1. The van der Waals surface area contributed by atoms with Crippen LogP contribution in [-0.2, 0) is 6.61 Å². The summed E-state index contributed by atoms with van der Waals surface area (Å²) in [6.07, 6.45) is 0. The highest BCUT2D eigenvalue weighted by Gasteiger charge is 2.12. The summed E-state index contributed by atoms with van der Waals surface area (Å²) in [7, 11) is 0. The Hall–Kier alpha value is -4.11. The van der Waals surface area contributed by atoms with Crippen LogP contribution in [0.3, 0.4) is 0 Å². The van der Waals surface area contributed by atoms with Gasteiger partial charge in [-0.05, 0) is 47.5 Å². The third-order valence-corrected chi connectivity index (χ3v) is 4.13. The Balaban J connectivity index is 1.62. The van der Waals surface area contributed by atoms with E-state index < -0.39 is 5.91 Å². The molecule has 2 N–H and O–H groups in total. The van der Waals surface area contributed by atoms with E-state index in [2.05, 4.69) is 17.4 Å². The average molecular weight is 387 g/mol. The van der Waals surface area contributed by atoms with E-state index in [0.29, 0.717) is 22.6 Å². The molecule has 0 heterocycles. The molecule has 3 aromatic carbocycles. The summed E-state index contributed by atoms with van der Waals surface area (Å²) in [5, 5.41) is 8.85. The first kappa shape index (κ1) is 19.6. The fraction of sp³-hybridized carbons (Fsp3) is 0.0435. The van der Waals surface area contributed by atoms with Crippen molar-refractivity contribution in [3.8, 4) is 11.8 Å². The van der Waals surface area contributed by atoms with Crippen LogP contribution in [-0.4, -0.2) is 5.91 Å². The molecule has 3 aromatic rings. The summed E-state index contributed by atoms with van der Waals surface area (Å²) in [5.41, 5.74) is 8.24. The van der Waals surface area contributed by atoms with Crippen molar-refractivity contribution in [3.05, 3.63) is 107 Å². The van der Waals surface area contributed by atoms with E-state index in [1.54, 1.807) is 60.7 Å². The summed E-state index contributed by atoms with van der Waals surface area (Å²) < 4.78 is 18.7. The molecule has 0 atom stereocenters. The molecule has 0 aliphatic rings. The van der Waals surface area contributed by atoms with Gasteiger partial charge in [-0.2, -0.15) is 5.26 Å². The molecule has 0 spiro atoms. The zero-order valence-corrected chi connectivity index (χ0v) is 15.5. The fourth-order valence-corrected chi connectivity index (χ4v) is 2.54. The van der Waals surface area contributed by atoms with Crippen LogP contribution >= 0.6 is 0 Å². The monoisotopic (exact) mass is 387 g/mol. The number of rotatable bonds is 7. The normalized spacial score (nSPS) is 9.93. The van der Waals surface area contributed by atoms with Crippen LogP contribution in [0.4, 0.5) is 4.39 Å². The fourth-order valence-electron chi connectivity index (χ4n) is 2.54. The number of para-hydroxylation sites is 1. The maximum atomic E-state index is 13.0. The van der Waals surface area contributed by atoms with Crippen LogP contribution in [0, 0.1) is 17.1 Å². The Bertz CT molecular complexity index is 1050. The number of nitriles is 1. The largest absolute Gasteiger partial charge is 0.488 e. The van der Waals surface area contributed by atoms with Crippen molar-refractivity contribution in [2.24, 2.45) is 0 Å². The van der Waals surface area contributed by atoms with Crippen LogP contribution in [0.1, 0.15) is 27.0 Å². The summed E-state index contributed by atoms with van der Waals surface area (Å²) >= 11 is 0. The number of ether oxygens (including phenoxy) is 1. The highest BCUT2D eigenvalue weighted by Crippen LogP contribution is 2.19. The summed E-state index contributed by atoms with van der Waals surface area (Å²) in [6, 6.07) is 21.6. The molecule has 0 fully saturated rings. The number of nitrogens with one attached hydrogen (secondary N) is 2. The molecule has 29 heavy (non-hydrogen) atoms. The van der Waals surface area contributed by atoms with E-state index in [1.165, 1.54) is 12.1 Å². The van der Waals surface area contributed by atoms with Crippen molar-refractivity contribution < 1.29 is 13.9 Å². The van der Waals surface area contributed by atoms with E-state index >= 15 is 0 Å². The van der Waals surface area contributed by atoms with E-state index in [0.717, 1.165) is 11.1 Å². The van der Waals surface area contributed by atoms with Gasteiger partial charge in [-0.15, -0.1) is 0 Å². The van der Waals surface area contributed by atoms with Gasteiger partial charge in [-0.3, -0.25) is 15.6 Å². The Morgan fingerprint density at radius 3 is 2.38 bits per heavy atom. The highest BCUT2D eigenvalue weighted by atomic mass is 19.1. The molecule has 0 aliphatic heterocycles. The van der Waals surface area contributed by atoms with Crippen LogP contribution < -0.4 is 15.6 Å². The molecule has 0 aromatic heterocycles. The Kier molecular flexibility index (Phi) is 6.23. The molecule has 1 amide bonds. The highest BCUT2D eigenvalue weighted by molar-refractivity contribution is 5.97. The molecule has 5 nitrogen and oxygen atoms in total. The number of carbonyl (C=O) groups is 1. The van der Waals surface area contributed by atoms with Gasteiger partial charge >= 0.3 is 0 Å². The van der Waals surface area contributed by atoms with Crippen LogP contribution in [0.25, 0.3) is 5.70 Å². The lowest BCUT2D eigenvalue weighted by Gasteiger charge is -2.14. The second-order valence-electron chi connectivity index (χ2n) is 6.16. The first-order valence-corrected chi connectivity index (χ1v) is 8.79. The quantitative estimate of drug-likeness (QED) is 0.597. The number of hydrogen-bond acceptors (Lipinski definition) is 4. The number of nitrogens with zero attached hydrogens (tertiary/aromatic N) is 1. The number of amides is 1. The molecule has 0 saturated carbocycles. The number of hydrazine groups is 1. The predicted molar refractivity (Wildman–Crippen MR) is 108 cm³/mol. The van der Waals surface area contributed by atoms with Gasteiger partial charge in [-0.1, -0.05) is 43.0 Å². The molecule has 144 valence electrons. The molecular weight excluding hydrogens is 369 g/mol. The molecule has 0 saturated heterocycles. The minimum atomic E-state index is -0.394. The summed E-state index contributed by atoms with van der Waals surface area (Å²) in [5.74, 6) is -0.309. The standard InChI is InChI=1S/C23H18FN3O2/c1-16(19-10-6-17(14-25)7-11-19)26-27-23(28)21-4-2-3-5-22(21)29-15-18-8-12-20(24)13-9-18/h2-13,26H,1,15H2,(H,27,28). The van der Waals surface area contributed by atoms with Gasteiger partial charge < -0.3 is 4.74 Å². The number of hydrogen-bond donors (Lipinski definition) is 2. The van der Waals surface area contributed by atoms with E-state index in [1.807, 2.05) is 6.07 Å². The second kappa shape index (κ2) is 9.20. The maximum Gasteiger partial charge on any atom is 0.273 e. The van der Waals surface area contributed by atoms with Crippen molar-refractivity contribution in [1.29, 1.82) is 5.26 Å². The first-order chi connectivity index (χ1) is 14.1. The Labute approximate surface area is 168 Å². The average Bonchev–Trinajstić information content (AvgIpc) is 2.77. The molecule has 0 radical (unpaired) electrons. The predicted octanol–water partition coefficient (Wildman–Crippen LogP) is 4.18. The SMILES string of the molecule is C=C(NNC(=O)c1ccccc1OCc1ccc(F)cc1)c1ccc(C#N)cc1. The van der Waals surface area contributed by atoms with Gasteiger partial charge in [0.1, 0.15) is 18.2 Å². The second-order valence-corrected chi connectivity index (χ2v) is 6.16. The van der Waals surface area contributed by atoms with Crippen molar-refractivity contribution in [2.45, 2.75) is 6.61 Å². The van der Waals surface area contributed by atoms with Gasteiger partial charge in [0.2, 0.25) is 0 Å². The summed E-state index contributed by atoms with van der Waals surface area (Å²) in [6.45, 7) is 4.09. The Morgan fingerprint density at radius 2 is 1.69 bits per heavy atom. The molecule has 3 rings (SSSR count). The van der Waals surface area contributed by atoms with Crippen molar-refractivity contribution >= 4 is 11.6 Å². The van der Waals surface area contributed by atoms with Gasteiger partial charge in [0.25, 0.3) is 5.91 Å². The number of halogens is 1. The van der Waals surface area contributed by atoms with Gasteiger partial charge in [-0.25, -0.2) is 4.39 Å². The lowest BCUT2D eigenvalue weighted by molar-refractivity contribution is 0.0938. The molecule has 6 heteroatoms. The molecule has 0 unspecified atom stereocenters. The van der Waals surface area contributed by atoms with E-state index in [-0.39, 0.29) is 12.4 Å². The molecule has 0 bridgehead atoms. The first-order valence-electron chi connectivity index (χ1n) is 8.79.